The fourth-order valence-electron chi connectivity index (χ4n) is 1.39. The van der Waals surface area contributed by atoms with Gasteiger partial charge in [0.2, 0.25) is 0 Å². The number of carbonyl (C=O) groups excluding carboxylic acids is 3. The highest BCUT2D eigenvalue weighted by Gasteiger charge is 2.08. The molecule has 0 aliphatic rings. The summed E-state index contributed by atoms with van der Waals surface area (Å²) in [6.07, 6.45) is 0.761. The van der Waals surface area contributed by atoms with Crippen molar-refractivity contribution in [2.45, 2.75) is 101 Å². The molecule has 21 heteroatoms. The van der Waals surface area contributed by atoms with Crippen LogP contribution in [0.25, 0.3) is 0 Å². The van der Waals surface area contributed by atoms with Gasteiger partial charge < -0.3 is 42.1 Å². The quantitative estimate of drug-likeness (QED) is 0.0663. The minimum Gasteiger partial charge on any atom is -0.748 e. The van der Waals surface area contributed by atoms with E-state index in [-0.39, 0.29) is 108 Å². The lowest BCUT2D eigenvalue weighted by Crippen LogP contribution is -2.19. The first-order chi connectivity index (χ1) is 17.4. The number of esters is 3. The summed E-state index contributed by atoms with van der Waals surface area (Å²) in [5.74, 6) is -5.70. The van der Waals surface area contributed by atoms with Crippen LogP contribution in [0.3, 0.4) is 0 Å². The van der Waals surface area contributed by atoms with Gasteiger partial charge in [-0.2, -0.15) is 0 Å². The van der Waals surface area contributed by atoms with Crippen molar-refractivity contribution < 1.29 is 81.7 Å². The highest BCUT2D eigenvalue weighted by Crippen LogP contribution is 1.89. The van der Waals surface area contributed by atoms with Crippen LogP contribution in [0.5, 0.6) is 0 Å². The maximum Gasteiger partial charge on any atom is 0.332 e. The number of hydrogen-bond acceptors (Lipinski definition) is 18. The predicted octanol–water partition coefficient (Wildman–Crippen LogP) is 4.00. The normalized spacial score (nSPS) is 8.88. The molecule has 0 heterocycles. The monoisotopic (exact) mass is 779 g/mol. The van der Waals surface area contributed by atoms with Crippen LogP contribution in [0.1, 0.15) is 101 Å². The third kappa shape index (κ3) is 90.4. The molecule has 0 rings (SSSR count). The molecular formula is C27H71O18S3-3. The summed E-state index contributed by atoms with van der Waals surface area (Å²) in [5.41, 5.74) is 0. The summed E-state index contributed by atoms with van der Waals surface area (Å²) in [7, 11) is -13.3. The summed E-state index contributed by atoms with van der Waals surface area (Å²) >= 11 is 0. The first-order valence-corrected chi connectivity index (χ1v) is 15.1. The fourth-order valence-corrected chi connectivity index (χ4v) is 2.46. The molecule has 308 valence electrons. The van der Waals surface area contributed by atoms with Crippen LogP contribution >= 0.6 is 0 Å². The molecule has 0 unspecified atom stereocenters. The van der Waals surface area contributed by atoms with Crippen molar-refractivity contribution in [1.29, 1.82) is 0 Å². The molecule has 0 radical (unpaired) electrons. The van der Waals surface area contributed by atoms with E-state index in [1.807, 2.05) is 6.92 Å². The Morgan fingerprint density at radius 2 is 0.854 bits per heavy atom. The zero-order chi connectivity index (χ0) is 30.3. The molecule has 48 heavy (non-hydrogen) atoms. The second-order valence-electron chi connectivity index (χ2n) is 6.19. The standard InChI is InChI=1S/2C6H12O6S.C5H10O6S.10CH4/c1-2-12-6(7)5-11-3-4-13(8,9)10;1-2-3-11-5-12-6(7)4-13(8,9)10;1-2-10-4-11-5(6)3-12(7,8)9;;;;;;;;;;/h2*2-5H2,1H3,(H,8,9,10);2-4H2,1H3,(H,7,8,9);10*1H4/p-3. The van der Waals surface area contributed by atoms with E-state index in [1.54, 1.807) is 13.8 Å². The molecule has 0 N–H and O–H groups in total. The Morgan fingerprint density at radius 3 is 1.15 bits per heavy atom. The molecule has 0 aromatic heterocycles. The molecule has 0 atom stereocenters. The fraction of sp³-hybridized carbons (Fsp3) is 0.889. The van der Waals surface area contributed by atoms with Crippen LogP contribution < -0.4 is 0 Å². The minimum absolute atomic E-state index is 0. The molecule has 0 aromatic rings. The SMILES string of the molecule is C.C.C.C.C.C.C.C.C.C.CCCOCOC(=O)CS(=O)(=O)[O-].CCOC(=O)COCCS(=O)(=O)[O-].CCOCOC(=O)CS(=O)(=O)[O-]. The molecule has 0 bridgehead atoms. The van der Waals surface area contributed by atoms with Crippen LogP contribution in [0.4, 0.5) is 0 Å². The molecule has 0 fully saturated rings. The summed E-state index contributed by atoms with van der Waals surface area (Å²) in [4.78, 5) is 31.6. The zero-order valence-corrected chi connectivity index (χ0v) is 23.3. The van der Waals surface area contributed by atoms with Crippen molar-refractivity contribution in [1.82, 2.24) is 0 Å². The molecule has 0 aliphatic carbocycles. The first kappa shape index (κ1) is 85.5. The second-order valence-corrected chi connectivity index (χ2v) is 10.5. The largest absolute Gasteiger partial charge is 0.748 e. The lowest BCUT2D eigenvalue weighted by atomic mass is 10.5. The first-order valence-electron chi connectivity index (χ1n) is 10.4. The lowest BCUT2D eigenvalue weighted by molar-refractivity contribution is -0.154. The van der Waals surface area contributed by atoms with E-state index in [2.05, 4.69) is 23.7 Å². The number of hydrogen-bond donors (Lipinski definition) is 0. The predicted molar refractivity (Wildman–Crippen MR) is 188 cm³/mol. The Kier molecular flexibility index (Phi) is 88.1. The van der Waals surface area contributed by atoms with Gasteiger partial charge in [0.05, 0.1) is 35.7 Å². The van der Waals surface area contributed by atoms with E-state index in [0.29, 0.717) is 13.2 Å². The van der Waals surface area contributed by atoms with Crippen molar-refractivity contribution in [2.75, 3.05) is 63.9 Å². The smallest absolute Gasteiger partial charge is 0.332 e. The van der Waals surface area contributed by atoms with Crippen LogP contribution in [-0.2, 0) is 73.2 Å². The average Bonchev–Trinajstić information content (AvgIpc) is 2.73. The summed E-state index contributed by atoms with van der Waals surface area (Å²) < 4.78 is 117. The van der Waals surface area contributed by atoms with Gasteiger partial charge in [0.25, 0.3) is 0 Å². The Hall–Kier alpha value is -1.98. The van der Waals surface area contributed by atoms with E-state index in [1.165, 1.54) is 0 Å². The van der Waals surface area contributed by atoms with Crippen molar-refractivity contribution in [3.63, 3.8) is 0 Å². The average molecular weight is 780 g/mol. The van der Waals surface area contributed by atoms with E-state index in [4.69, 9.17) is 4.74 Å². The van der Waals surface area contributed by atoms with Gasteiger partial charge >= 0.3 is 17.9 Å². The van der Waals surface area contributed by atoms with Crippen molar-refractivity contribution in [3.05, 3.63) is 0 Å². The third-order valence-corrected chi connectivity index (χ3v) is 4.60. The van der Waals surface area contributed by atoms with E-state index >= 15 is 0 Å². The Morgan fingerprint density at radius 1 is 0.479 bits per heavy atom. The molecule has 0 spiro atoms. The van der Waals surface area contributed by atoms with E-state index in [9.17, 15) is 53.3 Å². The Balaban J connectivity index is -0.0000000315. The van der Waals surface area contributed by atoms with Crippen LogP contribution in [0.15, 0.2) is 0 Å². The Labute approximate surface area is 294 Å². The van der Waals surface area contributed by atoms with Crippen LogP contribution in [0, 0.1) is 0 Å². The highest BCUT2D eigenvalue weighted by molar-refractivity contribution is 7.86. The topological polar surface area (TPSA) is 278 Å². The number of carbonyl (C=O) groups is 3. The molecular weight excluding hydrogens is 708 g/mol. The minimum atomic E-state index is -4.55. The highest BCUT2D eigenvalue weighted by atomic mass is 32.2. The van der Waals surface area contributed by atoms with Gasteiger partial charge in [-0.05, 0) is 20.3 Å². The maximum atomic E-state index is 10.6. The molecule has 18 nitrogen and oxygen atoms in total. The van der Waals surface area contributed by atoms with E-state index < -0.39 is 65.5 Å². The molecule has 0 saturated carbocycles. The summed E-state index contributed by atoms with van der Waals surface area (Å²) in [6, 6.07) is 0. The van der Waals surface area contributed by atoms with Gasteiger partial charge in [-0.1, -0.05) is 81.2 Å². The zero-order valence-electron chi connectivity index (χ0n) is 20.9. The molecule has 0 amide bonds. The molecule has 0 saturated heterocycles. The van der Waals surface area contributed by atoms with Crippen molar-refractivity contribution in [3.8, 4) is 0 Å². The maximum absolute atomic E-state index is 10.6. The number of ether oxygens (including phenoxy) is 6. The van der Waals surface area contributed by atoms with Gasteiger partial charge in [0.15, 0.2) is 13.6 Å². The van der Waals surface area contributed by atoms with Crippen LogP contribution in [0.2, 0.25) is 0 Å². The molecule has 0 aliphatic heterocycles. The summed E-state index contributed by atoms with van der Waals surface area (Å²) in [6.45, 7) is 4.92. The third-order valence-electron chi connectivity index (χ3n) is 2.75. The Bertz CT molecular complexity index is 981. The number of rotatable bonds is 17. The molecule has 0 aromatic carbocycles. The summed E-state index contributed by atoms with van der Waals surface area (Å²) in [5, 5.41) is 0. The second kappa shape index (κ2) is 49.4. The van der Waals surface area contributed by atoms with Gasteiger partial charge in [-0.3, -0.25) is 9.59 Å². The van der Waals surface area contributed by atoms with Crippen LogP contribution in [-0.4, -0.2) is 121 Å². The lowest BCUT2D eigenvalue weighted by Gasteiger charge is -2.07. The van der Waals surface area contributed by atoms with E-state index in [0.717, 1.165) is 6.42 Å². The van der Waals surface area contributed by atoms with Gasteiger partial charge in [-0.15, -0.1) is 0 Å². The van der Waals surface area contributed by atoms with Crippen molar-refractivity contribution >= 4 is 48.3 Å². The van der Waals surface area contributed by atoms with Gasteiger partial charge in [0.1, 0.15) is 38.3 Å². The van der Waals surface area contributed by atoms with Gasteiger partial charge in [-0.25, -0.2) is 30.0 Å². The van der Waals surface area contributed by atoms with Crippen molar-refractivity contribution in [2.24, 2.45) is 0 Å². The van der Waals surface area contributed by atoms with Gasteiger partial charge in [0, 0.05) is 6.61 Å².